The summed E-state index contributed by atoms with van der Waals surface area (Å²) in [7, 11) is 0. The van der Waals surface area contributed by atoms with Gasteiger partial charge in [-0.3, -0.25) is 0 Å². The molecular formula is C36H60O8. The summed E-state index contributed by atoms with van der Waals surface area (Å²) in [6.45, 7) is 19.5. The fourth-order valence-electron chi connectivity index (χ4n) is 11.6. The van der Waals surface area contributed by atoms with Gasteiger partial charge < -0.3 is 40.1 Å². The van der Waals surface area contributed by atoms with Crippen molar-refractivity contribution in [1.29, 1.82) is 0 Å². The topological polar surface area (TPSA) is 140 Å². The van der Waals surface area contributed by atoms with Gasteiger partial charge >= 0.3 is 0 Å². The summed E-state index contributed by atoms with van der Waals surface area (Å²) in [6, 6.07) is 0. The van der Waals surface area contributed by atoms with Crippen LogP contribution in [0, 0.1) is 45.3 Å². The molecule has 5 rings (SSSR count). The third kappa shape index (κ3) is 5.18. The summed E-state index contributed by atoms with van der Waals surface area (Å²) in [5.74, 6) is 0.402. The Morgan fingerprint density at radius 3 is 2.25 bits per heavy atom. The van der Waals surface area contributed by atoms with Gasteiger partial charge in [0.05, 0.1) is 24.9 Å². The molecule has 4 saturated carbocycles. The molecule has 1 heterocycles. The van der Waals surface area contributed by atoms with Crippen LogP contribution in [0.4, 0.5) is 0 Å². The van der Waals surface area contributed by atoms with Gasteiger partial charge in [0.15, 0.2) is 6.29 Å². The van der Waals surface area contributed by atoms with E-state index in [0.717, 1.165) is 32.1 Å². The van der Waals surface area contributed by atoms with Crippen LogP contribution in [-0.4, -0.2) is 86.3 Å². The Balaban J connectivity index is 1.53. The van der Waals surface area contributed by atoms with Crippen molar-refractivity contribution >= 4 is 0 Å². The molecule has 0 aromatic carbocycles. The van der Waals surface area contributed by atoms with Crippen molar-refractivity contribution < 1.29 is 40.1 Å². The third-order valence-electron chi connectivity index (χ3n) is 13.9. The van der Waals surface area contributed by atoms with Gasteiger partial charge in [-0.25, -0.2) is 0 Å². The Kier molecular flexibility index (Phi) is 9.40. The van der Waals surface area contributed by atoms with Crippen LogP contribution in [0.15, 0.2) is 23.8 Å². The van der Waals surface area contributed by atoms with Crippen molar-refractivity contribution in [2.45, 2.75) is 149 Å². The zero-order chi connectivity index (χ0) is 32.6. The number of ether oxygens (including phenoxy) is 2. The number of allylic oxidation sites excluding steroid dienone is 3. The van der Waals surface area contributed by atoms with Gasteiger partial charge in [0.2, 0.25) is 0 Å². The first-order chi connectivity index (χ1) is 20.4. The minimum absolute atomic E-state index is 0.0817. The highest BCUT2D eigenvalue weighted by atomic mass is 16.7. The predicted molar refractivity (Wildman–Crippen MR) is 168 cm³/mol. The molecule has 4 aliphatic carbocycles. The van der Waals surface area contributed by atoms with Crippen LogP contribution in [-0.2, 0) is 9.47 Å². The largest absolute Gasteiger partial charge is 0.394 e. The molecule has 0 bridgehead atoms. The lowest BCUT2D eigenvalue weighted by Crippen LogP contribution is -2.70. The minimum Gasteiger partial charge on any atom is -0.394 e. The van der Waals surface area contributed by atoms with Crippen molar-refractivity contribution in [1.82, 2.24) is 0 Å². The average molecular weight is 621 g/mol. The number of hydrogen-bond donors (Lipinski definition) is 6. The smallest absolute Gasteiger partial charge is 0.186 e. The van der Waals surface area contributed by atoms with E-state index < -0.39 is 61.0 Å². The van der Waals surface area contributed by atoms with Crippen LogP contribution >= 0.6 is 0 Å². The summed E-state index contributed by atoms with van der Waals surface area (Å²) < 4.78 is 12.6. The Morgan fingerprint density at radius 2 is 1.61 bits per heavy atom. The molecule has 0 aromatic heterocycles. The second kappa shape index (κ2) is 12.0. The first-order valence-corrected chi connectivity index (χ1v) is 17.1. The number of aliphatic hydroxyl groups excluding tert-OH is 6. The van der Waals surface area contributed by atoms with E-state index >= 15 is 0 Å². The van der Waals surface area contributed by atoms with Gasteiger partial charge in [-0.15, -0.1) is 0 Å². The van der Waals surface area contributed by atoms with E-state index in [4.69, 9.17) is 9.47 Å². The van der Waals surface area contributed by atoms with Crippen molar-refractivity contribution in [3.8, 4) is 0 Å². The Labute approximate surface area is 264 Å². The van der Waals surface area contributed by atoms with Gasteiger partial charge in [0.1, 0.15) is 24.4 Å². The molecule has 0 unspecified atom stereocenters. The van der Waals surface area contributed by atoms with Gasteiger partial charge in [-0.05, 0) is 111 Å². The lowest BCUT2D eigenvalue weighted by molar-refractivity contribution is -0.346. The molecule has 0 radical (unpaired) electrons. The molecule has 44 heavy (non-hydrogen) atoms. The zero-order valence-corrected chi connectivity index (χ0v) is 28.1. The molecule has 8 nitrogen and oxygen atoms in total. The molecular weight excluding hydrogens is 560 g/mol. The monoisotopic (exact) mass is 620 g/mol. The molecule has 5 fully saturated rings. The molecule has 5 aliphatic rings. The summed E-state index contributed by atoms with van der Waals surface area (Å²) >= 11 is 0. The first kappa shape index (κ1) is 34.5. The number of rotatable bonds is 7. The highest BCUT2D eigenvalue weighted by Gasteiger charge is 2.72. The molecule has 8 heteroatoms. The maximum Gasteiger partial charge on any atom is 0.186 e. The van der Waals surface area contributed by atoms with Crippen molar-refractivity contribution in [2.24, 2.45) is 45.3 Å². The fourth-order valence-corrected chi connectivity index (χ4v) is 11.6. The maximum absolute atomic E-state index is 12.0. The van der Waals surface area contributed by atoms with Crippen molar-refractivity contribution in [3.05, 3.63) is 23.8 Å². The highest BCUT2D eigenvalue weighted by Crippen LogP contribution is 2.76. The van der Waals surface area contributed by atoms with E-state index in [1.54, 1.807) is 0 Å². The molecule has 1 aliphatic heterocycles. The third-order valence-corrected chi connectivity index (χ3v) is 13.9. The van der Waals surface area contributed by atoms with Crippen LogP contribution < -0.4 is 0 Å². The van der Waals surface area contributed by atoms with E-state index in [0.29, 0.717) is 19.3 Å². The number of aliphatic hydroxyl groups is 6. The average Bonchev–Trinajstić information content (AvgIpc) is 3.32. The summed E-state index contributed by atoms with van der Waals surface area (Å²) in [6.07, 6.45) is 0.758. The lowest BCUT2D eigenvalue weighted by atomic mass is 9.34. The second-order valence-electron chi connectivity index (χ2n) is 16.8. The Bertz CT molecular complexity index is 1100. The molecule has 252 valence electrons. The molecule has 15 atom stereocenters. The van der Waals surface area contributed by atoms with E-state index in [1.165, 1.54) is 11.1 Å². The highest BCUT2D eigenvalue weighted by molar-refractivity contribution is 5.24. The molecule has 6 N–H and O–H groups in total. The van der Waals surface area contributed by atoms with Crippen LogP contribution in [0.3, 0.4) is 0 Å². The lowest BCUT2D eigenvalue weighted by Gasteiger charge is -2.72. The molecule has 0 spiro atoms. The zero-order valence-electron chi connectivity index (χ0n) is 28.1. The quantitative estimate of drug-likeness (QED) is 0.185. The van der Waals surface area contributed by atoms with Crippen LogP contribution in [0.5, 0.6) is 0 Å². The number of fused-ring (bicyclic) bond motifs is 5. The van der Waals surface area contributed by atoms with Crippen LogP contribution in [0.25, 0.3) is 0 Å². The second-order valence-corrected chi connectivity index (χ2v) is 16.8. The van der Waals surface area contributed by atoms with Crippen LogP contribution in [0.1, 0.15) is 99.8 Å². The molecule has 0 aromatic rings. The SMILES string of the molecule is C=C(CCC=C(C)C)[C@@H]1CC[C@@]2(C)[C@H]1[C@@H](O)C[C@H]1[C@]3(C)CC[C@@H](O)C(C)(C)[C@H]3[C@H](O[C@H]3O[C@@H](CO)[C@H](O)[C@@H](O)[C@@H]3O)C[C@@]12C. The first-order valence-electron chi connectivity index (χ1n) is 17.1. The Hall–Kier alpha value is -0.840. The van der Waals surface area contributed by atoms with E-state index in [-0.39, 0.29) is 39.9 Å². The normalized spacial score (nSPS) is 51.6. The fraction of sp³-hybridized carbons (Fsp3) is 0.889. The maximum atomic E-state index is 12.0. The van der Waals surface area contributed by atoms with Crippen LogP contribution in [0.2, 0.25) is 0 Å². The van der Waals surface area contributed by atoms with Gasteiger partial charge in [-0.2, -0.15) is 0 Å². The van der Waals surface area contributed by atoms with E-state index in [1.807, 2.05) is 0 Å². The standard InChI is InChI=1S/C36H60O8/c1-19(2)10-9-11-20(3)21-12-15-35(7)27(21)22(38)16-25-34(6)14-13-26(39)33(4,5)31(34)23(17-36(25,35)8)43-32-30(42)29(41)28(40)24(18-37)44-32/h10,21-32,37-42H,3,9,11-18H2,1-2,4-8H3/t21-,22-,23+,24-,25-,26+,27+,28-,29+,30-,31+,32-,34-,35-,36-/m0/s1. The molecule has 0 amide bonds. The van der Waals surface area contributed by atoms with Gasteiger partial charge in [0.25, 0.3) is 0 Å². The summed E-state index contributed by atoms with van der Waals surface area (Å²) in [4.78, 5) is 0. The summed E-state index contributed by atoms with van der Waals surface area (Å²) in [5.41, 5.74) is 1.32. The van der Waals surface area contributed by atoms with Crippen molar-refractivity contribution in [2.75, 3.05) is 6.61 Å². The van der Waals surface area contributed by atoms with Gasteiger partial charge in [0, 0.05) is 0 Å². The van der Waals surface area contributed by atoms with Crippen molar-refractivity contribution in [3.63, 3.8) is 0 Å². The summed E-state index contributed by atoms with van der Waals surface area (Å²) in [5, 5.41) is 65.2. The molecule has 1 saturated heterocycles. The Morgan fingerprint density at radius 1 is 0.932 bits per heavy atom. The minimum atomic E-state index is -1.52. The number of hydrogen-bond acceptors (Lipinski definition) is 8. The van der Waals surface area contributed by atoms with E-state index in [2.05, 4.69) is 61.1 Å². The van der Waals surface area contributed by atoms with Gasteiger partial charge in [-0.1, -0.05) is 58.4 Å². The predicted octanol–water partition coefficient (Wildman–Crippen LogP) is 4.10. The van der Waals surface area contributed by atoms with E-state index in [9.17, 15) is 30.6 Å².